The molecule has 4 nitrogen and oxygen atoms in total. The molecule has 1 aliphatic heterocycles. The van der Waals surface area contributed by atoms with Gasteiger partial charge in [0.15, 0.2) is 0 Å². The Bertz CT molecular complexity index is 731. The van der Waals surface area contributed by atoms with Crippen molar-refractivity contribution in [2.24, 2.45) is 5.92 Å². The zero-order valence-electron chi connectivity index (χ0n) is 13.4. The lowest BCUT2D eigenvalue weighted by molar-refractivity contribution is -0.140. The number of carbonyl (C=O) groups is 2. The summed E-state index contributed by atoms with van der Waals surface area (Å²) < 4.78 is 13.2. The Labute approximate surface area is 140 Å². The van der Waals surface area contributed by atoms with Crippen LogP contribution in [-0.2, 0) is 9.59 Å². The summed E-state index contributed by atoms with van der Waals surface area (Å²) in [6, 6.07) is 14.8. The van der Waals surface area contributed by atoms with Crippen LogP contribution in [0.1, 0.15) is 24.4 Å². The molecule has 1 saturated heterocycles. The van der Waals surface area contributed by atoms with Gasteiger partial charge in [-0.25, -0.2) is 4.39 Å². The van der Waals surface area contributed by atoms with Crippen LogP contribution in [0.5, 0.6) is 0 Å². The van der Waals surface area contributed by atoms with Crippen molar-refractivity contribution in [2.45, 2.75) is 18.9 Å². The number of rotatable bonds is 3. The van der Waals surface area contributed by atoms with Gasteiger partial charge in [-0.2, -0.15) is 0 Å². The highest BCUT2D eigenvalue weighted by molar-refractivity contribution is 5.94. The highest BCUT2D eigenvalue weighted by atomic mass is 19.1. The van der Waals surface area contributed by atoms with Gasteiger partial charge in [0.1, 0.15) is 5.82 Å². The molecule has 24 heavy (non-hydrogen) atoms. The van der Waals surface area contributed by atoms with E-state index in [-0.39, 0.29) is 23.5 Å². The van der Waals surface area contributed by atoms with Crippen molar-refractivity contribution in [2.75, 3.05) is 12.4 Å². The van der Waals surface area contributed by atoms with E-state index < -0.39 is 6.04 Å². The van der Waals surface area contributed by atoms with Gasteiger partial charge in [0.2, 0.25) is 11.8 Å². The van der Waals surface area contributed by atoms with Gasteiger partial charge in [0.25, 0.3) is 0 Å². The largest absolute Gasteiger partial charge is 0.338 e. The summed E-state index contributed by atoms with van der Waals surface area (Å²) in [6.45, 7) is 0. The third kappa shape index (κ3) is 3.30. The number of nitrogens with one attached hydrogen (secondary N) is 1. The monoisotopic (exact) mass is 326 g/mol. The van der Waals surface area contributed by atoms with Crippen molar-refractivity contribution in [3.05, 3.63) is 66.0 Å². The molecule has 1 heterocycles. The fraction of sp³-hybridized carbons (Fsp3) is 0.263. The van der Waals surface area contributed by atoms with E-state index in [0.717, 1.165) is 11.3 Å². The van der Waals surface area contributed by atoms with Gasteiger partial charge in [-0.05, 0) is 36.2 Å². The molecule has 0 bridgehead atoms. The summed E-state index contributed by atoms with van der Waals surface area (Å²) in [5.74, 6) is -0.852. The Hall–Kier alpha value is -2.69. The van der Waals surface area contributed by atoms with Gasteiger partial charge < -0.3 is 10.2 Å². The minimum absolute atomic E-state index is 0.00640. The second kappa shape index (κ2) is 6.83. The quantitative estimate of drug-likeness (QED) is 0.940. The molecule has 1 fully saturated rings. The first-order chi connectivity index (χ1) is 11.6. The number of nitrogens with zero attached hydrogens (tertiary/aromatic N) is 1. The van der Waals surface area contributed by atoms with Crippen LogP contribution in [0.15, 0.2) is 54.6 Å². The SMILES string of the molecule is CN1C(=O)CC[C@H](C(=O)Nc2ccccc2)[C@@H]1c1ccc(F)cc1. The molecule has 2 aromatic carbocycles. The molecule has 124 valence electrons. The summed E-state index contributed by atoms with van der Waals surface area (Å²) in [5, 5.41) is 2.91. The van der Waals surface area contributed by atoms with Gasteiger partial charge in [0.05, 0.1) is 12.0 Å². The maximum Gasteiger partial charge on any atom is 0.229 e. The van der Waals surface area contributed by atoms with Crippen LogP contribution in [0.2, 0.25) is 0 Å². The molecule has 0 unspecified atom stereocenters. The normalized spacial score (nSPS) is 20.8. The minimum Gasteiger partial charge on any atom is -0.338 e. The van der Waals surface area contributed by atoms with Crippen molar-refractivity contribution < 1.29 is 14.0 Å². The third-order valence-corrected chi connectivity index (χ3v) is 4.45. The van der Waals surface area contributed by atoms with Crippen molar-refractivity contribution >= 4 is 17.5 Å². The lowest BCUT2D eigenvalue weighted by Gasteiger charge is -2.38. The maximum absolute atomic E-state index is 13.2. The van der Waals surface area contributed by atoms with Crippen molar-refractivity contribution in [1.29, 1.82) is 0 Å². The molecule has 1 aliphatic rings. The van der Waals surface area contributed by atoms with Crippen LogP contribution < -0.4 is 5.32 Å². The average Bonchev–Trinajstić information content (AvgIpc) is 2.59. The third-order valence-electron chi connectivity index (χ3n) is 4.45. The van der Waals surface area contributed by atoms with E-state index in [4.69, 9.17) is 0 Å². The zero-order chi connectivity index (χ0) is 17.1. The molecule has 2 amide bonds. The predicted octanol–water partition coefficient (Wildman–Crippen LogP) is 3.37. The second-order valence-electron chi connectivity index (χ2n) is 6.00. The number of carbonyl (C=O) groups excluding carboxylic acids is 2. The van der Waals surface area contributed by atoms with Gasteiger partial charge in [0, 0.05) is 19.2 Å². The van der Waals surface area contributed by atoms with E-state index >= 15 is 0 Å². The number of likely N-dealkylation sites (tertiary alicyclic amines) is 1. The molecule has 2 aromatic rings. The molecular formula is C19H19FN2O2. The van der Waals surface area contributed by atoms with Crippen molar-refractivity contribution in [1.82, 2.24) is 4.90 Å². The highest BCUT2D eigenvalue weighted by Gasteiger charge is 2.38. The summed E-state index contributed by atoms with van der Waals surface area (Å²) in [6.07, 6.45) is 0.810. The van der Waals surface area contributed by atoms with Gasteiger partial charge in [-0.15, -0.1) is 0 Å². The number of halogens is 1. The molecule has 0 aliphatic carbocycles. The number of para-hydroxylation sites is 1. The van der Waals surface area contributed by atoms with E-state index in [2.05, 4.69) is 5.32 Å². The Morgan fingerprint density at radius 1 is 1.12 bits per heavy atom. The zero-order valence-corrected chi connectivity index (χ0v) is 13.4. The Morgan fingerprint density at radius 3 is 2.46 bits per heavy atom. The number of amides is 2. The number of hydrogen-bond donors (Lipinski definition) is 1. The first-order valence-electron chi connectivity index (χ1n) is 7.93. The number of hydrogen-bond acceptors (Lipinski definition) is 2. The highest BCUT2D eigenvalue weighted by Crippen LogP contribution is 2.36. The van der Waals surface area contributed by atoms with E-state index in [1.165, 1.54) is 12.1 Å². The van der Waals surface area contributed by atoms with Crippen molar-refractivity contribution in [3.63, 3.8) is 0 Å². The topological polar surface area (TPSA) is 49.4 Å². The molecular weight excluding hydrogens is 307 g/mol. The lowest BCUT2D eigenvalue weighted by Crippen LogP contribution is -2.44. The first-order valence-corrected chi connectivity index (χ1v) is 7.93. The molecule has 0 aromatic heterocycles. The number of benzene rings is 2. The fourth-order valence-corrected chi connectivity index (χ4v) is 3.19. The summed E-state index contributed by atoms with van der Waals surface area (Å²) in [7, 11) is 1.69. The number of anilines is 1. The standard InChI is InChI=1S/C19H19FN2O2/c1-22-17(23)12-11-16(18(22)13-7-9-14(20)10-8-13)19(24)21-15-5-3-2-4-6-15/h2-10,16,18H,11-12H2,1H3,(H,21,24)/t16-,18-/m0/s1. The molecule has 2 atom stereocenters. The lowest BCUT2D eigenvalue weighted by atomic mass is 9.84. The smallest absolute Gasteiger partial charge is 0.229 e. The summed E-state index contributed by atoms with van der Waals surface area (Å²) >= 11 is 0. The molecule has 0 saturated carbocycles. The van der Waals surface area contributed by atoms with Crippen LogP contribution >= 0.6 is 0 Å². The fourth-order valence-electron chi connectivity index (χ4n) is 3.19. The van der Waals surface area contributed by atoms with E-state index in [1.807, 2.05) is 30.3 Å². The second-order valence-corrected chi connectivity index (χ2v) is 6.00. The Balaban J connectivity index is 1.87. The minimum atomic E-state index is -0.393. The van der Waals surface area contributed by atoms with Crippen LogP contribution in [0.3, 0.4) is 0 Å². The number of piperidine rings is 1. The molecule has 5 heteroatoms. The van der Waals surface area contributed by atoms with E-state index in [1.54, 1.807) is 24.1 Å². The van der Waals surface area contributed by atoms with Gasteiger partial charge in [-0.1, -0.05) is 30.3 Å². The van der Waals surface area contributed by atoms with Gasteiger partial charge >= 0.3 is 0 Å². The summed E-state index contributed by atoms with van der Waals surface area (Å²) in [5.41, 5.74) is 1.49. The Morgan fingerprint density at radius 2 is 1.79 bits per heavy atom. The van der Waals surface area contributed by atoms with Crippen LogP contribution in [-0.4, -0.2) is 23.8 Å². The molecule has 0 spiro atoms. The first kappa shape index (κ1) is 16.2. The van der Waals surface area contributed by atoms with Crippen LogP contribution in [0.25, 0.3) is 0 Å². The van der Waals surface area contributed by atoms with Crippen LogP contribution in [0, 0.1) is 11.7 Å². The average molecular weight is 326 g/mol. The van der Waals surface area contributed by atoms with Crippen molar-refractivity contribution in [3.8, 4) is 0 Å². The molecule has 0 radical (unpaired) electrons. The molecule has 1 N–H and O–H groups in total. The van der Waals surface area contributed by atoms with Crippen LogP contribution in [0.4, 0.5) is 10.1 Å². The Kier molecular flexibility index (Phi) is 4.60. The molecule has 3 rings (SSSR count). The van der Waals surface area contributed by atoms with E-state index in [9.17, 15) is 14.0 Å². The maximum atomic E-state index is 13.2. The summed E-state index contributed by atoms with van der Waals surface area (Å²) in [4.78, 5) is 26.4. The predicted molar refractivity (Wildman–Crippen MR) is 89.7 cm³/mol. The van der Waals surface area contributed by atoms with Gasteiger partial charge in [-0.3, -0.25) is 9.59 Å². The van der Waals surface area contributed by atoms with E-state index in [0.29, 0.717) is 12.8 Å².